The number of ether oxygens (including phenoxy) is 1. The number of aliphatic imine (C=N–C) groups is 1. The lowest BCUT2D eigenvalue weighted by Gasteiger charge is -2.18. The molecule has 3 N–H and O–H groups in total. The number of hydrogen-bond acceptors (Lipinski definition) is 3. The molecular formula is C25H35N5O2. The van der Waals surface area contributed by atoms with Crippen molar-refractivity contribution >= 4 is 17.7 Å². The fourth-order valence-electron chi connectivity index (χ4n) is 3.64. The summed E-state index contributed by atoms with van der Waals surface area (Å²) >= 11 is 0. The largest absolute Gasteiger partial charge is 0.491 e. The molecule has 2 aromatic carbocycles. The minimum atomic E-state index is -0.0254. The molecule has 2 amide bonds. The van der Waals surface area contributed by atoms with Gasteiger partial charge in [0.25, 0.3) is 0 Å². The van der Waals surface area contributed by atoms with E-state index in [9.17, 15) is 4.79 Å². The summed E-state index contributed by atoms with van der Waals surface area (Å²) in [5.41, 5.74) is 4.12. The van der Waals surface area contributed by atoms with Crippen LogP contribution in [0.1, 0.15) is 43.4 Å². The van der Waals surface area contributed by atoms with Gasteiger partial charge in [-0.25, -0.2) is 4.79 Å². The van der Waals surface area contributed by atoms with Crippen LogP contribution in [0.4, 0.5) is 10.5 Å². The number of rotatable bonds is 7. The Kier molecular flexibility index (Phi) is 8.36. The number of aryl methyl sites for hydroxylation is 1. The molecule has 0 aromatic heterocycles. The van der Waals surface area contributed by atoms with E-state index in [2.05, 4.69) is 46.1 Å². The third-order valence-electron chi connectivity index (χ3n) is 5.29. The van der Waals surface area contributed by atoms with Crippen LogP contribution >= 0.6 is 0 Å². The van der Waals surface area contributed by atoms with Gasteiger partial charge >= 0.3 is 6.03 Å². The highest BCUT2D eigenvalue weighted by Gasteiger charge is 2.17. The van der Waals surface area contributed by atoms with Gasteiger partial charge in [-0.05, 0) is 62.9 Å². The summed E-state index contributed by atoms with van der Waals surface area (Å²) in [4.78, 5) is 18.5. The van der Waals surface area contributed by atoms with Crippen molar-refractivity contribution in [3.63, 3.8) is 0 Å². The molecule has 7 heteroatoms. The topological polar surface area (TPSA) is 78.0 Å². The zero-order valence-corrected chi connectivity index (χ0v) is 19.6. The van der Waals surface area contributed by atoms with Crippen molar-refractivity contribution in [1.82, 2.24) is 15.5 Å². The van der Waals surface area contributed by atoms with Crippen LogP contribution in [-0.2, 0) is 13.1 Å². The van der Waals surface area contributed by atoms with Crippen LogP contribution in [0.5, 0.6) is 5.75 Å². The first-order valence-corrected chi connectivity index (χ1v) is 11.3. The van der Waals surface area contributed by atoms with Gasteiger partial charge in [0, 0.05) is 44.5 Å². The maximum atomic E-state index is 12.3. The van der Waals surface area contributed by atoms with E-state index >= 15 is 0 Å². The van der Waals surface area contributed by atoms with Crippen LogP contribution in [-0.4, -0.2) is 43.1 Å². The summed E-state index contributed by atoms with van der Waals surface area (Å²) in [5.74, 6) is 1.59. The average molecular weight is 438 g/mol. The van der Waals surface area contributed by atoms with E-state index in [0.717, 1.165) is 48.5 Å². The number of anilines is 1. The first-order valence-electron chi connectivity index (χ1n) is 11.3. The number of hydrogen-bond donors (Lipinski definition) is 3. The van der Waals surface area contributed by atoms with Gasteiger partial charge in [-0.15, -0.1) is 0 Å². The third kappa shape index (κ3) is 6.90. The molecule has 0 atom stereocenters. The molecule has 0 saturated carbocycles. The molecule has 2 aromatic rings. The molecule has 1 aliphatic rings. The van der Waals surface area contributed by atoms with E-state index in [4.69, 9.17) is 4.74 Å². The number of benzene rings is 2. The Balaban J connectivity index is 1.54. The predicted octanol–water partition coefficient (Wildman–Crippen LogP) is 4.28. The van der Waals surface area contributed by atoms with E-state index < -0.39 is 0 Å². The number of carbonyl (C=O) groups is 1. The summed E-state index contributed by atoms with van der Waals surface area (Å²) < 4.78 is 5.96. The Hall–Kier alpha value is -3.22. The van der Waals surface area contributed by atoms with Gasteiger partial charge in [0.1, 0.15) is 5.75 Å². The van der Waals surface area contributed by atoms with Crippen LogP contribution in [0.15, 0.2) is 47.5 Å². The summed E-state index contributed by atoms with van der Waals surface area (Å²) in [6.07, 6.45) is 2.28. The molecule has 32 heavy (non-hydrogen) atoms. The van der Waals surface area contributed by atoms with Gasteiger partial charge in [0.15, 0.2) is 5.96 Å². The zero-order chi connectivity index (χ0) is 22.9. The highest BCUT2D eigenvalue weighted by Crippen LogP contribution is 2.21. The second kappa shape index (κ2) is 11.4. The van der Waals surface area contributed by atoms with Crippen molar-refractivity contribution in [1.29, 1.82) is 0 Å². The molecule has 0 unspecified atom stereocenters. The first-order chi connectivity index (χ1) is 15.4. The second-order valence-electron chi connectivity index (χ2n) is 8.38. The van der Waals surface area contributed by atoms with Crippen LogP contribution < -0.4 is 20.7 Å². The minimum absolute atomic E-state index is 0.0254. The van der Waals surface area contributed by atoms with Crippen molar-refractivity contribution in [2.45, 2.75) is 52.8 Å². The molecule has 1 fully saturated rings. The van der Waals surface area contributed by atoms with Gasteiger partial charge < -0.3 is 25.6 Å². The monoisotopic (exact) mass is 437 g/mol. The van der Waals surface area contributed by atoms with Crippen LogP contribution in [0.3, 0.4) is 0 Å². The first kappa shape index (κ1) is 23.4. The van der Waals surface area contributed by atoms with Gasteiger partial charge in [0.05, 0.1) is 6.10 Å². The Labute approximate surface area is 191 Å². The summed E-state index contributed by atoms with van der Waals surface area (Å²) in [6, 6.07) is 14.1. The van der Waals surface area contributed by atoms with Crippen LogP contribution in [0.2, 0.25) is 0 Å². The molecule has 1 saturated heterocycles. The minimum Gasteiger partial charge on any atom is -0.491 e. The lowest BCUT2D eigenvalue weighted by atomic mass is 10.1. The lowest BCUT2D eigenvalue weighted by molar-refractivity contribution is 0.222. The molecule has 172 valence electrons. The van der Waals surface area contributed by atoms with E-state index in [1.54, 1.807) is 7.05 Å². The molecule has 1 heterocycles. The predicted molar refractivity (Wildman–Crippen MR) is 130 cm³/mol. The molecule has 3 rings (SSSR count). The van der Waals surface area contributed by atoms with Gasteiger partial charge in [-0.1, -0.05) is 24.3 Å². The molecular weight excluding hydrogens is 402 g/mol. The Morgan fingerprint density at radius 1 is 1.09 bits per heavy atom. The zero-order valence-electron chi connectivity index (χ0n) is 19.6. The Morgan fingerprint density at radius 3 is 2.56 bits per heavy atom. The number of carbonyl (C=O) groups excluding carboxylic acids is 1. The molecule has 0 radical (unpaired) electrons. The maximum absolute atomic E-state index is 12.3. The summed E-state index contributed by atoms with van der Waals surface area (Å²) in [7, 11) is 1.75. The SMILES string of the molecule is CN=C(NCc1cccc(NC(=O)N2CCCC2)c1)NCc1ccc(C)cc1OC(C)C. The smallest absolute Gasteiger partial charge is 0.321 e. The molecule has 7 nitrogen and oxygen atoms in total. The normalized spacial score (nSPS) is 13.9. The van der Waals surface area contributed by atoms with Crippen molar-refractivity contribution in [2.24, 2.45) is 4.99 Å². The summed E-state index contributed by atoms with van der Waals surface area (Å²) in [5, 5.41) is 9.69. The number of nitrogens with zero attached hydrogens (tertiary/aromatic N) is 2. The molecule has 0 bridgehead atoms. The Morgan fingerprint density at radius 2 is 1.84 bits per heavy atom. The van der Waals surface area contributed by atoms with E-state index in [1.165, 1.54) is 5.56 Å². The number of guanidine groups is 1. The molecule has 0 spiro atoms. The van der Waals surface area contributed by atoms with Crippen molar-refractivity contribution in [3.8, 4) is 5.75 Å². The third-order valence-corrected chi connectivity index (χ3v) is 5.29. The van der Waals surface area contributed by atoms with Gasteiger partial charge in [-0.3, -0.25) is 4.99 Å². The van der Waals surface area contributed by atoms with E-state index in [0.29, 0.717) is 19.0 Å². The highest BCUT2D eigenvalue weighted by molar-refractivity contribution is 5.89. The van der Waals surface area contributed by atoms with Gasteiger partial charge in [-0.2, -0.15) is 0 Å². The van der Waals surface area contributed by atoms with Crippen molar-refractivity contribution in [2.75, 3.05) is 25.5 Å². The average Bonchev–Trinajstić information content (AvgIpc) is 3.30. The van der Waals surface area contributed by atoms with Gasteiger partial charge in [0.2, 0.25) is 0 Å². The fourth-order valence-corrected chi connectivity index (χ4v) is 3.64. The second-order valence-corrected chi connectivity index (χ2v) is 8.38. The van der Waals surface area contributed by atoms with Crippen LogP contribution in [0.25, 0.3) is 0 Å². The fraction of sp³-hybridized carbons (Fsp3) is 0.440. The van der Waals surface area contributed by atoms with Crippen molar-refractivity contribution in [3.05, 3.63) is 59.2 Å². The molecule has 1 aliphatic heterocycles. The number of urea groups is 1. The Bertz CT molecular complexity index is 936. The number of nitrogens with one attached hydrogen (secondary N) is 3. The maximum Gasteiger partial charge on any atom is 0.321 e. The lowest BCUT2D eigenvalue weighted by Crippen LogP contribution is -2.36. The number of likely N-dealkylation sites (tertiary alicyclic amines) is 1. The van der Waals surface area contributed by atoms with E-state index in [1.807, 2.05) is 43.0 Å². The quantitative estimate of drug-likeness (QED) is 0.446. The van der Waals surface area contributed by atoms with Crippen molar-refractivity contribution < 1.29 is 9.53 Å². The molecule has 0 aliphatic carbocycles. The van der Waals surface area contributed by atoms with E-state index in [-0.39, 0.29) is 12.1 Å². The van der Waals surface area contributed by atoms with Crippen LogP contribution in [0, 0.1) is 6.92 Å². The highest BCUT2D eigenvalue weighted by atomic mass is 16.5. The number of amides is 2. The summed E-state index contributed by atoms with van der Waals surface area (Å²) in [6.45, 7) is 8.99. The standard InChI is InChI=1S/C25H35N5O2/c1-18(2)32-23-14-19(3)10-11-21(23)17-28-24(26-4)27-16-20-8-7-9-22(15-20)29-25(31)30-12-5-6-13-30/h7-11,14-15,18H,5-6,12-13,16-17H2,1-4H3,(H,29,31)(H2,26,27,28).